The van der Waals surface area contributed by atoms with E-state index in [0.717, 1.165) is 44.9 Å². The van der Waals surface area contributed by atoms with E-state index >= 15 is 0 Å². The number of aliphatic hydroxyl groups is 6. The van der Waals surface area contributed by atoms with E-state index < -0.39 is 61.5 Å². The van der Waals surface area contributed by atoms with Crippen molar-refractivity contribution >= 4 is 5.91 Å². The highest BCUT2D eigenvalue weighted by molar-refractivity contribution is 5.80. The van der Waals surface area contributed by atoms with Gasteiger partial charge in [0.15, 0.2) is 6.29 Å². The Hall–Kier alpha value is -1.37. The summed E-state index contributed by atoms with van der Waals surface area (Å²) in [7, 11) is 0. The Morgan fingerprint density at radius 2 is 0.921 bits per heavy atom. The van der Waals surface area contributed by atoms with Crippen molar-refractivity contribution in [2.75, 3.05) is 13.2 Å². The Morgan fingerprint density at radius 1 is 0.540 bits per heavy atom. The number of carbonyl (C=O) groups excluding carboxylic acids is 1. The van der Waals surface area contributed by atoms with E-state index in [1.54, 1.807) is 6.08 Å². The summed E-state index contributed by atoms with van der Waals surface area (Å²) in [5.74, 6) is -0.616. The second-order valence-electron chi connectivity index (χ2n) is 18.8. The first-order chi connectivity index (χ1) is 30.8. The Kier molecular flexibility index (Phi) is 40.9. The summed E-state index contributed by atoms with van der Waals surface area (Å²) in [6.45, 7) is 3.61. The van der Waals surface area contributed by atoms with Gasteiger partial charge in [0.05, 0.1) is 25.4 Å². The zero-order chi connectivity index (χ0) is 46.0. The fourth-order valence-electron chi connectivity index (χ4n) is 8.51. The lowest BCUT2D eigenvalue weighted by atomic mass is 9.99. The molecule has 10 heteroatoms. The summed E-state index contributed by atoms with van der Waals surface area (Å²) in [6, 6.07) is -0.978. The number of aliphatic hydroxyl groups excluding tert-OH is 6. The number of unbranched alkanes of at least 4 members (excludes halogenated alkanes) is 32. The monoisotopic (exact) mass is 896 g/mol. The van der Waals surface area contributed by atoms with Crippen molar-refractivity contribution in [3.8, 4) is 0 Å². The molecule has 1 amide bonds. The third-order valence-electron chi connectivity index (χ3n) is 12.9. The van der Waals surface area contributed by atoms with Crippen LogP contribution in [0.2, 0.25) is 0 Å². The first kappa shape index (κ1) is 59.6. The lowest BCUT2D eigenvalue weighted by molar-refractivity contribution is -0.302. The second-order valence-corrected chi connectivity index (χ2v) is 18.8. The molecule has 1 aliphatic heterocycles. The molecule has 7 N–H and O–H groups in total. The molecule has 1 rings (SSSR count). The molecule has 0 spiro atoms. The van der Waals surface area contributed by atoms with Crippen molar-refractivity contribution in [3.05, 3.63) is 24.3 Å². The summed E-state index contributed by atoms with van der Waals surface area (Å²) in [5, 5.41) is 64.8. The fourth-order valence-corrected chi connectivity index (χ4v) is 8.51. The lowest BCUT2D eigenvalue weighted by Gasteiger charge is -2.40. The maximum Gasteiger partial charge on any atom is 0.249 e. The van der Waals surface area contributed by atoms with Crippen LogP contribution in [0.5, 0.6) is 0 Å². The van der Waals surface area contributed by atoms with Gasteiger partial charge in [0.1, 0.15) is 30.5 Å². The number of ether oxygens (including phenoxy) is 2. The standard InChI is InChI=1S/C53H101NO9/c1-3-5-7-9-11-13-15-17-18-19-20-21-22-23-24-25-26-27-28-29-30-32-34-36-38-40-42-47(57)52(61)54-45(44-62-53-51(60)50(59)49(58)48(43-55)63-53)46(56)41-39-37-35-33-31-16-14-12-10-8-6-4-2/h23-24,39,41,45-51,53,55-60H,3-22,25-38,40,42-44H2,1-2H3,(H,54,61)/b24-23-,41-39+. The van der Waals surface area contributed by atoms with Gasteiger partial charge in [0.25, 0.3) is 0 Å². The average Bonchev–Trinajstić information content (AvgIpc) is 3.28. The van der Waals surface area contributed by atoms with E-state index in [2.05, 4.69) is 31.3 Å². The van der Waals surface area contributed by atoms with Gasteiger partial charge in [-0.05, 0) is 44.9 Å². The summed E-state index contributed by atoms with van der Waals surface area (Å²) in [6.07, 6.45) is 42.8. The number of carbonyl (C=O) groups is 1. The molecule has 8 unspecified atom stereocenters. The second kappa shape index (κ2) is 43.2. The van der Waals surface area contributed by atoms with E-state index in [0.29, 0.717) is 6.42 Å². The third-order valence-corrected chi connectivity index (χ3v) is 12.9. The molecule has 1 aliphatic rings. The minimum Gasteiger partial charge on any atom is -0.394 e. The molecule has 8 atom stereocenters. The van der Waals surface area contributed by atoms with E-state index in [1.165, 1.54) is 180 Å². The topological polar surface area (TPSA) is 169 Å². The van der Waals surface area contributed by atoms with Crippen molar-refractivity contribution in [1.29, 1.82) is 0 Å². The smallest absolute Gasteiger partial charge is 0.249 e. The van der Waals surface area contributed by atoms with Gasteiger partial charge in [-0.2, -0.15) is 0 Å². The van der Waals surface area contributed by atoms with Crippen LogP contribution in [-0.4, -0.2) is 98.7 Å². The van der Waals surface area contributed by atoms with Crippen molar-refractivity contribution in [1.82, 2.24) is 5.32 Å². The lowest BCUT2D eigenvalue weighted by Crippen LogP contribution is -2.60. The van der Waals surface area contributed by atoms with Gasteiger partial charge in [0, 0.05) is 0 Å². The quantitative estimate of drug-likeness (QED) is 0.0232. The molecule has 1 saturated heterocycles. The summed E-state index contributed by atoms with van der Waals surface area (Å²) < 4.78 is 11.1. The first-order valence-electron chi connectivity index (χ1n) is 26.7. The number of amides is 1. The molecule has 0 aliphatic carbocycles. The van der Waals surface area contributed by atoms with Crippen molar-refractivity contribution < 1.29 is 44.9 Å². The van der Waals surface area contributed by atoms with E-state index in [1.807, 2.05) is 6.08 Å². The molecule has 0 saturated carbocycles. The van der Waals surface area contributed by atoms with Crippen LogP contribution in [0.15, 0.2) is 24.3 Å². The Balaban J connectivity index is 2.24. The predicted octanol–water partition coefficient (Wildman–Crippen LogP) is 11.2. The highest BCUT2D eigenvalue weighted by Crippen LogP contribution is 2.23. The van der Waals surface area contributed by atoms with Gasteiger partial charge < -0.3 is 45.4 Å². The van der Waals surface area contributed by atoms with Gasteiger partial charge in [-0.3, -0.25) is 4.79 Å². The summed E-state index contributed by atoms with van der Waals surface area (Å²) >= 11 is 0. The Bertz CT molecular complexity index is 1060. The first-order valence-corrected chi connectivity index (χ1v) is 26.7. The maximum atomic E-state index is 13.1. The number of hydrogen-bond acceptors (Lipinski definition) is 9. The zero-order valence-electron chi connectivity index (χ0n) is 40.7. The van der Waals surface area contributed by atoms with Crippen LogP contribution in [0.1, 0.15) is 245 Å². The van der Waals surface area contributed by atoms with Crippen LogP contribution in [0.25, 0.3) is 0 Å². The molecule has 1 fully saturated rings. The number of hydrogen-bond donors (Lipinski definition) is 7. The van der Waals surface area contributed by atoms with E-state index in [9.17, 15) is 35.4 Å². The third kappa shape index (κ3) is 32.9. The van der Waals surface area contributed by atoms with E-state index in [-0.39, 0.29) is 6.61 Å². The van der Waals surface area contributed by atoms with Gasteiger partial charge in [0.2, 0.25) is 5.91 Å². The largest absolute Gasteiger partial charge is 0.394 e. The molecule has 1 heterocycles. The molecular weight excluding hydrogens is 795 g/mol. The van der Waals surface area contributed by atoms with Crippen LogP contribution in [0, 0.1) is 0 Å². The van der Waals surface area contributed by atoms with Gasteiger partial charge in [-0.25, -0.2) is 0 Å². The van der Waals surface area contributed by atoms with E-state index in [4.69, 9.17) is 9.47 Å². The number of rotatable bonds is 45. The van der Waals surface area contributed by atoms with Crippen molar-refractivity contribution in [2.24, 2.45) is 0 Å². The molecule has 372 valence electrons. The normalized spacial score (nSPS) is 20.8. The van der Waals surface area contributed by atoms with Crippen LogP contribution in [0.3, 0.4) is 0 Å². The molecule has 10 nitrogen and oxygen atoms in total. The van der Waals surface area contributed by atoms with Crippen molar-refractivity contribution in [2.45, 2.75) is 294 Å². The highest BCUT2D eigenvalue weighted by Gasteiger charge is 2.44. The SMILES string of the molecule is CCCCCCCCCCCC/C=C/C(O)C(COC1OC(CO)C(O)C(O)C1O)NC(=O)C(O)CCCCCCCCCCCC/C=C\CCCCCCCCCCCCCC. The van der Waals surface area contributed by atoms with Gasteiger partial charge in [-0.1, -0.05) is 224 Å². The zero-order valence-corrected chi connectivity index (χ0v) is 40.7. The Morgan fingerprint density at radius 3 is 1.33 bits per heavy atom. The molecule has 0 bridgehead atoms. The van der Waals surface area contributed by atoms with Crippen molar-refractivity contribution in [3.63, 3.8) is 0 Å². The molecule has 0 aromatic rings. The van der Waals surface area contributed by atoms with Gasteiger partial charge >= 0.3 is 0 Å². The average molecular weight is 896 g/mol. The minimum atomic E-state index is -1.61. The van der Waals surface area contributed by atoms with Crippen LogP contribution < -0.4 is 5.32 Å². The summed E-state index contributed by atoms with van der Waals surface area (Å²) in [5.41, 5.74) is 0. The highest BCUT2D eigenvalue weighted by atomic mass is 16.7. The van der Waals surface area contributed by atoms with Crippen LogP contribution >= 0.6 is 0 Å². The molecule has 0 aromatic carbocycles. The molecule has 0 radical (unpaired) electrons. The maximum absolute atomic E-state index is 13.1. The Labute approximate surface area is 386 Å². The van der Waals surface area contributed by atoms with Crippen LogP contribution in [-0.2, 0) is 14.3 Å². The molecule has 0 aromatic heterocycles. The minimum absolute atomic E-state index is 0.304. The predicted molar refractivity (Wildman–Crippen MR) is 260 cm³/mol. The molecular formula is C53H101NO9. The fraction of sp³-hybridized carbons (Fsp3) is 0.906. The summed E-state index contributed by atoms with van der Waals surface area (Å²) in [4.78, 5) is 13.1. The van der Waals surface area contributed by atoms with Crippen LogP contribution in [0.4, 0.5) is 0 Å². The number of allylic oxidation sites excluding steroid dienone is 3. The van der Waals surface area contributed by atoms with Gasteiger partial charge in [-0.15, -0.1) is 0 Å². The number of nitrogens with one attached hydrogen (secondary N) is 1. The molecule has 63 heavy (non-hydrogen) atoms.